The molecule has 0 aliphatic rings. The van der Waals surface area contributed by atoms with Gasteiger partial charge in [-0.15, -0.1) is 0 Å². The molecule has 0 bridgehead atoms. The first-order chi connectivity index (χ1) is 7.70. The standard InChI is InChI=1S/C10H20N2O4/c1-11-9(13)5-3-4-6-16-8-12-10(14)7-15-2/h3-8H2,1-2H3,(H,11,13)(H,12,14). The highest BCUT2D eigenvalue weighted by Gasteiger charge is 1.99. The molecule has 2 N–H and O–H groups in total. The maximum absolute atomic E-state index is 10.9. The zero-order valence-electron chi connectivity index (χ0n) is 9.88. The van der Waals surface area contributed by atoms with Gasteiger partial charge >= 0.3 is 0 Å². The molecule has 0 rings (SSSR count). The van der Waals surface area contributed by atoms with Gasteiger partial charge in [0.2, 0.25) is 11.8 Å². The molecule has 0 aliphatic heterocycles. The molecule has 0 fully saturated rings. The van der Waals surface area contributed by atoms with Gasteiger partial charge in [-0.1, -0.05) is 0 Å². The van der Waals surface area contributed by atoms with E-state index >= 15 is 0 Å². The molecule has 6 nitrogen and oxygen atoms in total. The van der Waals surface area contributed by atoms with Crippen molar-refractivity contribution in [2.75, 3.05) is 34.1 Å². The van der Waals surface area contributed by atoms with Crippen LogP contribution in [0.5, 0.6) is 0 Å². The first-order valence-corrected chi connectivity index (χ1v) is 5.24. The van der Waals surface area contributed by atoms with Crippen molar-refractivity contribution < 1.29 is 19.1 Å². The van der Waals surface area contributed by atoms with Gasteiger partial charge in [0.15, 0.2) is 0 Å². The Balaban J connectivity index is 3.15. The Morgan fingerprint density at radius 1 is 1.19 bits per heavy atom. The molecule has 94 valence electrons. The molecule has 0 atom stereocenters. The average molecular weight is 232 g/mol. The zero-order valence-corrected chi connectivity index (χ0v) is 9.88. The summed E-state index contributed by atoms with van der Waals surface area (Å²) in [6.07, 6.45) is 2.09. The van der Waals surface area contributed by atoms with Crippen LogP contribution in [0.3, 0.4) is 0 Å². The molecule has 0 radical (unpaired) electrons. The van der Waals surface area contributed by atoms with Crippen LogP contribution < -0.4 is 10.6 Å². The molecule has 0 aromatic rings. The lowest BCUT2D eigenvalue weighted by Crippen LogP contribution is -2.29. The lowest BCUT2D eigenvalue weighted by atomic mass is 10.2. The summed E-state index contributed by atoms with van der Waals surface area (Å²) in [4.78, 5) is 21.7. The minimum Gasteiger partial charge on any atom is -0.375 e. The smallest absolute Gasteiger partial charge is 0.247 e. The predicted octanol–water partition coefficient (Wildman–Crippen LogP) is -0.361. The van der Waals surface area contributed by atoms with Gasteiger partial charge in [0.25, 0.3) is 0 Å². The van der Waals surface area contributed by atoms with Gasteiger partial charge in [0.1, 0.15) is 13.3 Å². The number of unbranched alkanes of at least 4 members (excludes halogenated alkanes) is 1. The summed E-state index contributed by atoms with van der Waals surface area (Å²) < 4.78 is 9.77. The van der Waals surface area contributed by atoms with E-state index in [0.29, 0.717) is 13.0 Å². The van der Waals surface area contributed by atoms with Gasteiger partial charge in [-0.25, -0.2) is 0 Å². The summed E-state index contributed by atoms with van der Waals surface area (Å²) in [5.74, 6) is -0.166. The van der Waals surface area contributed by atoms with Crippen molar-refractivity contribution in [3.63, 3.8) is 0 Å². The Morgan fingerprint density at radius 2 is 1.94 bits per heavy atom. The minimum atomic E-state index is -0.201. The Morgan fingerprint density at radius 3 is 2.56 bits per heavy atom. The Kier molecular flexibility index (Phi) is 9.64. The third kappa shape index (κ3) is 9.42. The van der Waals surface area contributed by atoms with Gasteiger partial charge in [-0.05, 0) is 12.8 Å². The molecule has 0 heterocycles. The van der Waals surface area contributed by atoms with Crippen LogP contribution in [0.25, 0.3) is 0 Å². The monoisotopic (exact) mass is 232 g/mol. The number of carbonyl (C=O) groups is 2. The fraction of sp³-hybridized carbons (Fsp3) is 0.800. The molecule has 6 heteroatoms. The molecule has 0 saturated heterocycles. The first-order valence-electron chi connectivity index (χ1n) is 5.24. The van der Waals surface area contributed by atoms with Crippen molar-refractivity contribution in [3.05, 3.63) is 0 Å². The van der Waals surface area contributed by atoms with E-state index in [-0.39, 0.29) is 25.2 Å². The van der Waals surface area contributed by atoms with Crippen LogP contribution >= 0.6 is 0 Å². The molecule has 2 amide bonds. The fourth-order valence-corrected chi connectivity index (χ4v) is 1.00. The Labute approximate surface area is 95.7 Å². The van der Waals surface area contributed by atoms with Crippen LogP contribution in [0.15, 0.2) is 0 Å². The minimum absolute atomic E-state index is 0.0356. The lowest BCUT2D eigenvalue weighted by molar-refractivity contribution is -0.126. The number of methoxy groups -OCH3 is 1. The summed E-state index contributed by atoms with van der Waals surface area (Å²) in [6.45, 7) is 0.756. The van der Waals surface area contributed by atoms with Crippen LogP contribution in [0.2, 0.25) is 0 Å². The SMILES string of the molecule is CNC(=O)CCCCOCNC(=O)COC. The predicted molar refractivity (Wildman–Crippen MR) is 58.8 cm³/mol. The highest BCUT2D eigenvalue weighted by Crippen LogP contribution is 1.95. The average Bonchev–Trinajstić information content (AvgIpc) is 2.27. The van der Waals surface area contributed by atoms with Crippen molar-refractivity contribution >= 4 is 11.8 Å². The van der Waals surface area contributed by atoms with Crippen LogP contribution in [0.1, 0.15) is 19.3 Å². The maximum atomic E-state index is 10.9. The third-order valence-electron chi connectivity index (χ3n) is 1.87. The Bertz CT molecular complexity index is 209. The van der Waals surface area contributed by atoms with E-state index in [9.17, 15) is 9.59 Å². The highest BCUT2D eigenvalue weighted by atomic mass is 16.5. The second-order valence-electron chi connectivity index (χ2n) is 3.22. The summed E-state index contributed by atoms with van der Waals surface area (Å²) in [5.41, 5.74) is 0. The van der Waals surface area contributed by atoms with Crippen LogP contribution in [0, 0.1) is 0 Å². The molecule has 0 aliphatic carbocycles. The van der Waals surface area contributed by atoms with E-state index in [1.54, 1.807) is 7.05 Å². The molecule has 0 unspecified atom stereocenters. The summed E-state index contributed by atoms with van der Waals surface area (Å²) >= 11 is 0. The van der Waals surface area contributed by atoms with Crippen molar-refractivity contribution in [2.45, 2.75) is 19.3 Å². The number of carbonyl (C=O) groups excluding carboxylic acids is 2. The van der Waals surface area contributed by atoms with E-state index < -0.39 is 0 Å². The van der Waals surface area contributed by atoms with E-state index in [1.165, 1.54) is 7.11 Å². The number of nitrogens with one attached hydrogen (secondary N) is 2. The van der Waals surface area contributed by atoms with E-state index in [4.69, 9.17) is 4.74 Å². The highest BCUT2D eigenvalue weighted by molar-refractivity contribution is 5.76. The van der Waals surface area contributed by atoms with Crippen LogP contribution in [-0.2, 0) is 19.1 Å². The Hall–Kier alpha value is -1.14. The number of ether oxygens (including phenoxy) is 2. The molecule has 0 aromatic heterocycles. The van der Waals surface area contributed by atoms with Gasteiger partial charge < -0.3 is 20.1 Å². The number of rotatable bonds is 9. The maximum Gasteiger partial charge on any atom is 0.247 e. The summed E-state index contributed by atoms with van der Waals surface area (Å²) in [6, 6.07) is 0. The van der Waals surface area contributed by atoms with Gasteiger partial charge in [0, 0.05) is 27.2 Å². The van der Waals surface area contributed by atoms with Crippen molar-refractivity contribution in [3.8, 4) is 0 Å². The van der Waals surface area contributed by atoms with Crippen molar-refractivity contribution in [1.82, 2.24) is 10.6 Å². The van der Waals surface area contributed by atoms with E-state index in [2.05, 4.69) is 15.4 Å². The van der Waals surface area contributed by atoms with Crippen LogP contribution in [0.4, 0.5) is 0 Å². The second-order valence-corrected chi connectivity index (χ2v) is 3.22. The van der Waals surface area contributed by atoms with Gasteiger partial charge in [-0.3, -0.25) is 9.59 Å². The quantitative estimate of drug-likeness (QED) is 0.420. The van der Waals surface area contributed by atoms with Crippen LogP contribution in [-0.4, -0.2) is 45.9 Å². The first kappa shape index (κ1) is 14.9. The third-order valence-corrected chi connectivity index (χ3v) is 1.87. The molecule has 0 saturated carbocycles. The largest absolute Gasteiger partial charge is 0.375 e. The molecular weight excluding hydrogens is 212 g/mol. The van der Waals surface area contributed by atoms with E-state index in [0.717, 1.165) is 12.8 Å². The number of amides is 2. The summed E-state index contributed by atoms with van der Waals surface area (Å²) in [5, 5.41) is 5.07. The summed E-state index contributed by atoms with van der Waals surface area (Å²) in [7, 11) is 3.07. The normalized spacial score (nSPS) is 9.88. The van der Waals surface area contributed by atoms with Gasteiger partial charge in [0.05, 0.1) is 0 Å². The molecule has 16 heavy (non-hydrogen) atoms. The van der Waals surface area contributed by atoms with Gasteiger partial charge in [-0.2, -0.15) is 0 Å². The van der Waals surface area contributed by atoms with Crippen molar-refractivity contribution in [2.24, 2.45) is 0 Å². The topological polar surface area (TPSA) is 76.7 Å². The lowest BCUT2D eigenvalue weighted by Gasteiger charge is -2.05. The number of hydrogen-bond acceptors (Lipinski definition) is 4. The van der Waals surface area contributed by atoms with E-state index in [1.807, 2.05) is 0 Å². The molecule has 0 spiro atoms. The number of hydrogen-bond donors (Lipinski definition) is 2. The zero-order chi connectivity index (χ0) is 12.2. The van der Waals surface area contributed by atoms with Crippen molar-refractivity contribution in [1.29, 1.82) is 0 Å². The molecule has 0 aromatic carbocycles. The fourth-order valence-electron chi connectivity index (χ4n) is 1.00. The molecular formula is C10H20N2O4. The second kappa shape index (κ2) is 10.4.